The first-order chi connectivity index (χ1) is 2.77. The first-order valence-electron chi connectivity index (χ1n) is 1.65. The third-order valence-electron chi connectivity index (χ3n) is 0.331. The Morgan fingerprint density at radius 3 is 2.33 bits per heavy atom. The molecule has 34 valence electrons. The maximum atomic E-state index is 9.46. The molecule has 0 bridgehead atoms. The van der Waals surface area contributed by atoms with E-state index in [9.17, 15) is 4.79 Å². The molecule has 0 saturated heterocycles. The van der Waals surface area contributed by atoms with E-state index in [0.29, 0.717) is 12.0 Å². The van der Waals surface area contributed by atoms with E-state index in [0.717, 1.165) is 0 Å². The molecule has 0 aliphatic rings. The Bertz CT molecular complexity index is 71.6. The Labute approximate surface area is 36.6 Å². The fourth-order valence-corrected chi connectivity index (χ4v) is 0.107. The molecule has 0 aromatic rings. The van der Waals surface area contributed by atoms with Crippen molar-refractivity contribution in [2.24, 2.45) is 5.73 Å². The lowest BCUT2D eigenvalue weighted by atomic mass is 10.5. The highest BCUT2D eigenvalue weighted by molar-refractivity contribution is 5.65. The molecule has 0 fully saturated rings. The Kier molecular flexibility index (Phi) is 2.13. The highest BCUT2D eigenvalue weighted by Crippen LogP contribution is 1.70. The fourth-order valence-electron chi connectivity index (χ4n) is 0.107. The molecule has 0 aliphatic carbocycles. The minimum Gasteiger partial charge on any atom is -0.402 e. The number of nitrogens with two attached hydrogens (primary N) is 1. The molecule has 0 heterocycles. The van der Waals surface area contributed by atoms with Crippen molar-refractivity contribution >= 4 is 6.29 Å². The summed E-state index contributed by atoms with van der Waals surface area (Å²) in [7, 11) is 0. The normalized spacial score (nSPS) is 11.2. The highest BCUT2D eigenvalue weighted by Gasteiger charge is 1.66. The lowest BCUT2D eigenvalue weighted by Crippen LogP contribution is -1.88. The molecule has 0 radical (unpaired) electrons. The summed E-state index contributed by atoms with van der Waals surface area (Å²) in [5.74, 6) is 0. The molecule has 0 rings (SSSR count). The van der Waals surface area contributed by atoms with Crippen LogP contribution in [0.5, 0.6) is 0 Å². The number of rotatable bonds is 1. The van der Waals surface area contributed by atoms with Crippen LogP contribution in [0, 0.1) is 0 Å². The van der Waals surface area contributed by atoms with Crippen LogP contribution in [-0.4, -0.2) is 6.29 Å². The zero-order valence-electron chi connectivity index (χ0n) is 3.64. The van der Waals surface area contributed by atoms with Gasteiger partial charge in [0.15, 0.2) is 0 Å². The molecule has 6 heavy (non-hydrogen) atoms. The molecule has 2 N–H and O–H groups in total. The predicted molar refractivity (Wildman–Crippen MR) is 24.0 cm³/mol. The van der Waals surface area contributed by atoms with Gasteiger partial charge in [0, 0.05) is 5.70 Å². The molecule has 0 unspecified atom stereocenters. The summed E-state index contributed by atoms with van der Waals surface area (Å²) in [5, 5.41) is 0. The quantitative estimate of drug-likeness (QED) is 0.361. The van der Waals surface area contributed by atoms with Crippen molar-refractivity contribution in [1.82, 2.24) is 0 Å². The van der Waals surface area contributed by atoms with Crippen LogP contribution in [0.25, 0.3) is 0 Å². The second kappa shape index (κ2) is 2.45. The molecule has 2 nitrogen and oxygen atoms in total. The van der Waals surface area contributed by atoms with Gasteiger partial charge in [-0.25, -0.2) is 0 Å². The molecule has 0 amide bonds. The number of allylic oxidation sites excluding steroid dienone is 2. The van der Waals surface area contributed by atoms with Crippen LogP contribution in [0.1, 0.15) is 6.92 Å². The van der Waals surface area contributed by atoms with Crippen molar-refractivity contribution in [2.45, 2.75) is 6.92 Å². The zero-order valence-corrected chi connectivity index (χ0v) is 3.64. The molecule has 0 saturated carbocycles. The molecule has 0 spiro atoms. The number of hydrogen-bond donors (Lipinski definition) is 1. The van der Waals surface area contributed by atoms with E-state index in [1.54, 1.807) is 6.92 Å². The number of aldehydes is 1. The maximum Gasteiger partial charge on any atom is 0.144 e. The van der Waals surface area contributed by atoms with Crippen molar-refractivity contribution in [1.29, 1.82) is 0 Å². The van der Waals surface area contributed by atoms with Crippen molar-refractivity contribution < 1.29 is 4.79 Å². The third kappa shape index (κ3) is 3.21. The topological polar surface area (TPSA) is 43.1 Å². The Morgan fingerprint density at radius 1 is 1.83 bits per heavy atom. The zero-order chi connectivity index (χ0) is 4.99. The highest BCUT2D eigenvalue weighted by atomic mass is 16.1. The van der Waals surface area contributed by atoms with Gasteiger partial charge in [-0.05, 0) is 13.0 Å². The van der Waals surface area contributed by atoms with Crippen LogP contribution >= 0.6 is 0 Å². The van der Waals surface area contributed by atoms with Gasteiger partial charge in [-0.1, -0.05) is 0 Å². The maximum absolute atomic E-state index is 9.46. The van der Waals surface area contributed by atoms with Crippen LogP contribution in [-0.2, 0) is 4.79 Å². The van der Waals surface area contributed by atoms with Crippen molar-refractivity contribution in [3.63, 3.8) is 0 Å². The van der Waals surface area contributed by atoms with Gasteiger partial charge in [-0.3, -0.25) is 4.79 Å². The monoisotopic (exact) mass is 85.1 g/mol. The first kappa shape index (κ1) is 5.21. The van der Waals surface area contributed by atoms with Crippen LogP contribution in [0.4, 0.5) is 0 Å². The number of carbonyl (C=O) groups is 1. The van der Waals surface area contributed by atoms with Gasteiger partial charge in [-0.15, -0.1) is 0 Å². The predicted octanol–water partition coefficient (Wildman–Crippen LogP) is 0.0478. The summed E-state index contributed by atoms with van der Waals surface area (Å²) in [6, 6.07) is 0. The number of hydrogen-bond acceptors (Lipinski definition) is 2. The summed E-state index contributed by atoms with van der Waals surface area (Å²) >= 11 is 0. The lowest BCUT2D eigenvalue weighted by molar-refractivity contribution is -0.104. The molecule has 0 aliphatic heterocycles. The smallest absolute Gasteiger partial charge is 0.144 e. The van der Waals surface area contributed by atoms with Crippen LogP contribution in [0.2, 0.25) is 0 Å². The molecule has 0 aromatic carbocycles. The SMILES string of the molecule is C/C(N)=C/C=O. The van der Waals surface area contributed by atoms with Crippen molar-refractivity contribution in [3.8, 4) is 0 Å². The molecular formula is C4H7NO. The van der Waals surface area contributed by atoms with Gasteiger partial charge in [-0.2, -0.15) is 0 Å². The van der Waals surface area contributed by atoms with E-state index in [1.807, 2.05) is 0 Å². The fraction of sp³-hybridized carbons (Fsp3) is 0.250. The van der Waals surface area contributed by atoms with E-state index in [1.165, 1.54) is 6.08 Å². The van der Waals surface area contributed by atoms with E-state index < -0.39 is 0 Å². The Morgan fingerprint density at radius 2 is 2.33 bits per heavy atom. The van der Waals surface area contributed by atoms with Crippen molar-refractivity contribution in [3.05, 3.63) is 11.8 Å². The largest absolute Gasteiger partial charge is 0.402 e. The van der Waals surface area contributed by atoms with Gasteiger partial charge in [0.25, 0.3) is 0 Å². The minimum absolute atomic E-state index is 0.546. The van der Waals surface area contributed by atoms with Gasteiger partial charge in [0.1, 0.15) is 6.29 Å². The number of carbonyl (C=O) groups excluding carboxylic acids is 1. The van der Waals surface area contributed by atoms with Crippen LogP contribution in [0.15, 0.2) is 11.8 Å². The lowest BCUT2D eigenvalue weighted by Gasteiger charge is -1.76. The second-order valence-corrected chi connectivity index (χ2v) is 1.05. The standard InChI is InChI=1S/C4H7NO/c1-4(5)2-3-6/h2-3H,5H2,1H3/b4-2-. The Balaban J connectivity index is 3.41. The Hall–Kier alpha value is -0.790. The van der Waals surface area contributed by atoms with E-state index in [4.69, 9.17) is 5.73 Å². The average Bonchev–Trinajstić information content (AvgIpc) is 1.35. The molecular weight excluding hydrogens is 78.0 g/mol. The van der Waals surface area contributed by atoms with E-state index in [2.05, 4.69) is 0 Å². The summed E-state index contributed by atoms with van der Waals surface area (Å²) in [5.41, 5.74) is 5.58. The first-order valence-corrected chi connectivity index (χ1v) is 1.65. The van der Waals surface area contributed by atoms with Crippen LogP contribution < -0.4 is 5.73 Å². The summed E-state index contributed by atoms with van der Waals surface area (Å²) in [4.78, 5) is 9.46. The third-order valence-corrected chi connectivity index (χ3v) is 0.331. The summed E-state index contributed by atoms with van der Waals surface area (Å²) in [6.45, 7) is 1.66. The minimum atomic E-state index is 0.546. The second-order valence-electron chi connectivity index (χ2n) is 1.05. The van der Waals surface area contributed by atoms with Gasteiger partial charge in [0.05, 0.1) is 0 Å². The van der Waals surface area contributed by atoms with Gasteiger partial charge >= 0.3 is 0 Å². The van der Waals surface area contributed by atoms with Gasteiger partial charge < -0.3 is 5.73 Å². The van der Waals surface area contributed by atoms with E-state index >= 15 is 0 Å². The molecule has 2 heteroatoms. The molecule has 0 aromatic heterocycles. The molecule has 0 atom stereocenters. The summed E-state index contributed by atoms with van der Waals surface area (Å²) < 4.78 is 0. The van der Waals surface area contributed by atoms with Crippen molar-refractivity contribution in [2.75, 3.05) is 0 Å². The summed E-state index contributed by atoms with van der Waals surface area (Å²) in [6.07, 6.45) is 1.97. The van der Waals surface area contributed by atoms with E-state index in [-0.39, 0.29) is 0 Å². The van der Waals surface area contributed by atoms with Gasteiger partial charge in [0.2, 0.25) is 0 Å². The van der Waals surface area contributed by atoms with Crippen LogP contribution in [0.3, 0.4) is 0 Å². The average molecular weight is 85.1 g/mol.